The lowest BCUT2D eigenvalue weighted by atomic mass is 10.0. The highest BCUT2D eigenvalue weighted by atomic mass is 32.2. The summed E-state index contributed by atoms with van der Waals surface area (Å²) >= 11 is 0. The number of sulfonamides is 1. The van der Waals surface area contributed by atoms with Crippen LogP contribution in [-0.4, -0.2) is 34.0 Å². The lowest BCUT2D eigenvalue weighted by Gasteiger charge is -2.25. The van der Waals surface area contributed by atoms with Crippen molar-refractivity contribution in [3.05, 3.63) is 90.0 Å². The molecule has 0 saturated carbocycles. The molecule has 0 unspecified atom stereocenters. The van der Waals surface area contributed by atoms with Crippen LogP contribution in [0.3, 0.4) is 0 Å². The van der Waals surface area contributed by atoms with Crippen molar-refractivity contribution in [3.8, 4) is 5.75 Å². The number of anilines is 1. The molecule has 0 aliphatic heterocycles. The topological polar surface area (TPSA) is 75.7 Å². The SMILES string of the molecule is CCOc1ccc(S(=O)(=O)N(CC(=O)NC[C@H](C)c2ccccc2)c2ccc(C)cc2)cc1. The number of nitrogens with one attached hydrogen (secondary N) is 1. The molecule has 0 fully saturated rings. The van der Waals surface area contributed by atoms with Gasteiger partial charge in [0.2, 0.25) is 5.91 Å². The van der Waals surface area contributed by atoms with Gasteiger partial charge in [0.15, 0.2) is 0 Å². The third kappa shape index (κ3) is 6.35. The molecule has 0 aliphatic rings. The molecule has 0 aliphatic carbocycles. The number of benzene rings is 3. The summed E-state index contributed by atoms with van der Waals surface area (Å²) in [4.78, 5) is 12.9. The fourth-order valence-corrected chi connectivity index (χ4v) is 4.80. The van der Waals surface area contributed by atoms with Crippen molar-refractivity contribution >= 4 is 21.6 Å². The minimum Gasteiger partial charge on any atom is -0.494 e. The molecule has 0 spiro atoms. The molecule has 1 N–H and O–H groups in total. The van der Waals surface area contributed by atoms with Gasteiger partial charge in [-0.2, -0.15) is 0 Å². The lowest BCUT2D eigenvalue weighted by Crippen LogP contribution is -2.41. The summed E-state index contributed by atoms with van der Waals surface area (Å²) in [5.74, 6) is 0.324. The predicted molar refractivity (Wildman–Crippen MR) is 131 cm³/mol. The molecule has 174 valence electrons. The van der Waals surface area contributed by atoms with E-state index in [1.54, 1.807) is 24.3 Å². The van der Waals surface area contributed by atoms with E-state index in [-0.39, 0.29) is 23.3 Å². The lowest BCUT2D eigenvalue weighted by molar-refractivity contribution is -0.119. The summed E-state index contributed by atoms with van der Waals surface area (Å²) in [6, 6.07) is 23.2. The summed E-state index contributed by atoms with van der Waals surface area (Å²) in [5, 5.41) is 2.88. The van der Waals surface area contributed by atoms with E-state index in [1.165, 1.54) is 12.1 Å². The average molecular weight is 467 g/mol. The van der Waals surface area contributed by atoms with E-state index >= 15 is 0 Å². The quantitative estimate of drug-likeness (QED) is 0.477. The summed E-state index contributed by atoms with van der Waals surface area (Å²) in [7, 11) is -3.97. The van der Waals surface area contributed by atoms with E-state index in [0.717, 1.165) is 15.4 Å². The van der Waals surface area contributed by atoms with Gasteiger partial charge in [0.05, 0.1) is 17.2 Å². The summed E-state index contributed by atoms with van der Waals surface area (Å²) < 4.78 is 33.5. The second-order valence-corrected chi connectivity index (χ2v) is 9.73. The monoisotopic (exact) mass is 466 g/mol. The van der Waals surface area contributed by atoms with Crippen LogP contribution in [0.1, 0.15) is 30.9 Å². The van der Waals surface area contributed by atoms with Gasteiger partial charge in [-0.1, -0.05) is 55.0 Å². The maximum absolute atomic E-state index is 13.5. The predicted octanol–water partition coefficient (Wildman–Crippen LogP) is 4.51. The van der Waals surface area contributed by atoms with Gasteiger partial charge in [0.25, 0.3) is 10.0 Å². The number of ether oxygens (including phenoxy) is 1. The van der Waals surface area contributed by atoms with E-state index in [2.05, 4.69) is 5.32 Å². The normalized spacial score (nSPS) is 12.1. The third-order valence-electron chi connectivity index (χ3n) is 5.31. The Balaban J connectivity index is 1.80. The van der Waals surface area contributed by atoms with Gasteiger partial charge in [-0.3, -0.25) is 9.10 Å². The molecule has 3 aromatic carbocycles. The zero-order valence-corrected chi connectivity index (χ0v) is 20.0. The summed E-state index contributed by atoms with van der Waals surface area (Å²) in [6.07, 6.45) is 0. The second-order valence-electron chi connectivity index (χ2n) is 7.87. The van der Waals surface area contributed by atoms with Gasteiger partial charge in [-0.05, 0) is 61.7 Å². The molecule has 6 nitrogen and oxygen atoms in total. The van der Waals surface area contributed by atoms with Crippen molar-refractivity contribution in [3.63, 3.8) is 0 Å². The average Bonchev–Trinajstić information content (AvgIpc) is 2.83. The Bertz CT molecular complexity index is 1150. The highest BCUT2D eigenvalue weighted by molar-refractivity contribution is 7.92. The van der Waals surface area contributed by atoms with Crippen LogP contribution in [0.15, 0.2) is 83.8 Å². The zero-order valence-electron chi connectivity index (χ0n) is 19.2. The Morgan fingerprint density at radius 1 is 0.970 bits per heavy atom. The van der Waals surface area contributed by atoms with Crippen LogP contribution < -0.4 is 14.4 Å². The van der Waals surface area contributed by atoms with Crippen LogP contribution in [0.25, 0.3) is 0 Å². The minimum atomic E-state index is -3.97. The van der Waals surface area contributed by atoms with Crippen molar-refractivity contribution in [1.29, 1.82) is 0 Å². The fraction of sp³-hybridized carbons (Fsp3) is 0.269. The fourth-order valence-electron chi connectivity index (χ4n) is 3.38. The van der Waals surface area contributed by atoms with Gasteiger partial charge in [-0.15, -0.1) is 0 Å². The number of hydrogen-bond donors (Lipinski definition) is 1. The highest BCUT2D eigenvalue weighted by Crippen LogP contribution is 2.25. The molecule has 3 aromatic rings. The first-order valence-corrected chi connectivity index (χ1v) is 12.4. The molecule has 1 amide bonds. The van der Waals surface area contributed by atoms with Gasteiger partial charge < -0.3 is 10.1 Å². The Kier molecular flexibility index (Phi) is 8.11. The number of aryl methyl sites for hydroxylation is 1. The van der Waals surface area contributed by atoms with Gasteiger partial charge >= 0.3 is 0 Å². The van der Waals surface area contributed by atoms with E-state index < -0.39 is 10.0 Å². The zero-order chi connectivity index (χ0) is 23.8. The maximum atomic E-state index is 13.5. The summed E-state index contributed by atoms with van der Waals surface area (Å²) in [5.41, 5.74) is 2.54. The first-order chi connectivity index (χ1) is 15.8. The molecule has 7 heteroatoms. The first-order valence-electron chi connectivity index (χ1n) is 10.9. The molecular weight excluding hydrogens is 436 g/mol. The van der Waals surface area contributed by atoms with Crippen molar-refractivity contribution in [1.82, 2.24) is 5.32 Å². The molecule has 0 heterocycles. The Labute approximate surface area is 196 Å². The van der Waals surface area contributed by atoms with Crippen molar-refractivity contribution < 1.29 is 17.9 Å². The van der Waals surface area contributed by atoms with Crippen LogP contribution in [-0.2, 0) is 14.8 Å². The molecule has 1 atom stereocenters. The van der Waals surface area contributed by atoms with Crippen molar-refractivity contribution in [2.24, 2.45) is 0 Å². The first kappa shape index (κ1) is 24.3. The molecular formula is C26H30N2O4S. The standard InChI is InChI=1S/C26H30N2O4S/c1-4-32-24-14-16-25(17-15-24)33(30,31)28(23-12-10-20(2)11-13-23)19-26(29)27-18-21(3)22-8-6-5-7-9-22/h5-17,21H,4,18-19H2,1-3H3,(H,27,29)/t21-/m0/s1. The van der Waals surface area contributed by atoms with Crippen LogP contribution >= 0.6 is 0 Å². The molecule has 33 heavy (non-hydrogen) atoms. The second kappa shape index (κ2) is 11.0. The molecule has 3 rings (SSSR count). The molecule has 0 bridgehead atoms. The number of hydrogen-bond acceptors (Lipinski definition) is 4. The van der Waals surface area contributed by atoms with E-state index in [9.17, 15) is 13.2 Å². The van der Waals surface area contributed by atoms with Gasteiger partial charge in [0.1, 0.15) is 12.3 Å². The highest BCUT2D eigenvalue weighted by Gasteiger charge is 2.27. The van der Waals surface area contributed by atoms with Crippen LogP contribution in [0.4, 0.5) is 5.69 Å². The smallest absolute Gasteiger partial charge is 0.264 e. The Morgan fingerprint density at radius 2 is 1.61 bits per heavy atom. The van der Waals surface area contributed by atoms with E-state index in [4.69, 9.17) is 4.74 Å². The number of rotatable bonds is 10. The number of nitrogens with zero attached hydrogens (tertiary/aromatic N) is 1. The van der Waals surface area contributed by atoms with Gasteiger partial charge in [0, 0.05) is 6.54 Å². The van der Waals surface area contributed by atoms with Crippen LogP contribution in [0.2, 0.25) is 0 Å². The summed E-state index contributed by atoms with van der Waals surface area (Å²) in [6.45, 7) is 6.38. The van der Waals surface area contributed by atoms with E-state index in [0.29, 0.717) is 24.6 Å². The Morgan fingerprint density at radius 3 is 2.21 bits per heavy atom. The maximum Gasteiger partial charge on any atom is 0.264 e. The van der Waals surface area contributed by atoms with Gasteiger partial charge in [-0.25, -0.2) is 8.42 Å². The van der Waals surface area contributed by atoms with E-state index in [1.807, 2.05) is 63.2 Å². The number of amides is 1. The number of carbonyl (C=O) groups is 1. The van der Waals surface area contributed by atoms with Crippen molar-refractivity contribution in [2.45, 2.75) is 31.6 Å². The van der Waals surface area contributed by atoms with Crippen LogP contribution in [0, 0.1) is 6.92 Å². The minimum absolute atomic E-state index is 0.0944. The van der Waals surface area contributed by atoms with Crippen molar-refractivity contribution in [2.75, 3.05) is 24.0 Å². The van der Waals surface area contributed by atoms with Crippen LogP contribution in [0.5, 0.6) is 5.75 Å². The number of carbonyl (C=O) groups excluding carboxylic acids is 1. The molecule has 0 radical (unpaired) electrons. The largest absolute Gasteiger partial charge is 0.494 e. The molecule has 0 aromatic heterocycles. The third-order valence-corrected chi connectivity index (χ3v) is 7.09. The Hall–Kier alpha value is -3.32. The molecule has 0 saturated heterocycles.